The molecule has 0 aromatic heterocycles. The first-order chi connectivity index (χ1) is 9.80. The summed E-state index contributed by atoms with van der Waals surface area (Å²) >= 11 is 0. The maximum absolute atomic E-state index is 12.5. The molecule has 0 N–H and O–H groups in total. The standard InChI is InChI=1S/C18H16O2/c1-2-20-17-13-16(19)18(17,14-9-5-3-6-10-14)15-11-7-4-8-12-15/h3-13H,2H2,1H3. The van der Waals surface area contributed by atoms with Gasteiger partial charge in [-0.1, -0.05) is 60.7 Å². The number of hydrogen-bond donors (Lipinski definition) is 0. The highest BCUT2D eigenvalue weighted by Crippen LogP contribution is 2.46. The van der Waals surface area contributed by atoms with Gasteiger partial charge in [0.1, 0.15) is 11.2 Å². The molecule has 2 aromatic carbocycles. The van der Waals surface area contributed by atoms with Crippen molar-refractivity contribution in [3.05, 3.63) is 83.6 Å². The van der Waals surface area contributed by atoms with E-state index >= 15 is 0 Å². The van der Waals surface area contributed by atoms with Crippen LogP contribution in [-0.2, 0) is 14.9 Å². The first-order valence-corrected chi connectivity index (χ1v) is 6.80. The molecule has 1 aliphatic carbocycles. The average molecular weight is 264 g/mol. The molecule has 2 nitrogen and oxygen atoms in total. The zero-order valence-corrected chi connectivity index (χ0v) is 11.4. The smallest absolute Gasteiger partial charge is 0.181 e. The molecule has 2 aromatic rings. The van der Waals surface area contributed by atoms with Gasteiger partial charge in [0, 0.05) is 6.08 Å². The van der Waals surface area contributed by atoms with Crippen molar-refractivity contribution in [1.29, 1.82) is 0 Å². The zero-order valence-electron chi connectivity index (χ0n) is 11.4. The van der Waals surface area contributed by atoms with Crippen molar-refractivity contribution in [1.82, 2.24) is 0 Å². The van der Waals surface area contributed by atoms with Gasteiger partial charge in [-0.25, -0.2) is 0 Å². The van der Waals surface area contributed by atoms with E-state index in [1.54, 1.807) is 6.08 Å². The Bertz CT molecular complexity index is 602. The fourth-order valence-electron chi connectivity index (χ4n) is 2.80. The summed E-state index contributed by atoms with van der Waals surface area (Å²) in [5.41, 5.74) is 1.16. The average Bonchev–Trinajstić information content (AvgIpc) is 2.49. The van der Waals surface area contributed by atoms with Gasteiger partial charge >= 0.3 is 0 Å². The Labute approximate surface area is 118 Å². The molecule has 100 valence electrons. The minimum atomic E-state index is -0.765. The van der Waals surface area contributed by atoms with Crippen LogP contribution in [0.1, 0.15) is 18.1 Å². The molecule has 0 fully saturated rings. The molecule has 3 rings (SSSR count). The van der Waals surface area contributed by atoms with E-state index in [1.165, 1.54) is 0 Å². The SMILES string of the molecule is CCOC1=CC(=O)C1(c1ccccc1)c1ccccc1. The fourth-order valence-corrected chi connectivity index (χ4v) is 2.80. The number of ketones is 1. The second kappa shape index (κ2) is 4.97. The van der Waals surface area contributed by atoms with Crippen molar-refractivity contribution < 1.29 is 9.53 Å². The Morgan fingerprint density at radius 1 is 0.900 bits per heavy atom. The van der Waals surface area contributed by atoms with Crippen LogP contribution < -0.4 is 0 Å². The van der Waals surface area contributed by atoms with Gasteiger partial charge in [0.25, 0.3) is 0 Å². The highest BCUT2D eigenvalue weighted by molar-refractivity contribution is 6.11. The van der Waals surface area contributed by atoms with Gasteiger partial charge in [-0.05, 0) is 18.1 Å². The summed E-state index contributed by atoms with van der Waals surface area (Å²) in [5.74, 6) is 0.820. The van der Waals surface area contributed by atoms with Crippen LogP contribution in [0.5, 0.6) is 0 Å². The second-order valence-corrected chi connectivity index (χ2v) is 4.79. The third-order valence-electron chi connectivity index (χ3n) is 3.71. The molecule has 0 atom stereocenters. The lowest BCUT2D eigenvalue weighted by molar-refractivity contribution is -0.121. The largest absolute Gasteiger partial charge is 0.496 e. The maximum Gasteiger partial charge on any atom is 0.181 e. The summed E-state index contributed by atoms with van der Waals surface area (Å²) in [4.78, 5) is 12.5. The summed E-state index contributed by atoms with van der Waals surface area (Å²) in [6, 6.07) is 19.7. The predicted molar refractivity (Wildman–Crippen MR) is 78.4 cm³/mol. The van der Waals surface area contributed by atoms with E-state index in [9.17, 15) is 4.79 Å². The van der Waals surface area contributed by atoms with Crippen LogP contribution in [0.15, 0.2) is 72.5 Å². The Morgan fingerprint density at radius 2 is 1.40 bits per heavy atom. The highest BCUT2D eigenvalue weighted by atomic mass is 16.5. The Balaban J connectivity index is 2.20. The summed E-state index contributed by atoms with van der Waals surface area (Å²) < 4.78 is 5.71. The van der Waals surface area contributed by atoms with E-state index in [1.807, 2.05) is 67.6 Å². The fraction of sp³-hybridized carbons (Fsp3) is 0.167. The summed E-state index contributed by atoms with van der Waals surface area (Å²) in [6.45, 7) is 2.49. The molecule has 0 heterocycles. The lowest BCUT2D eigenvalue weighted by Gasteiger charge is -2.40. The maximum atomic E-state index is 12.5. The van der Waals surface area contributed by atoms with Gasteiger partial charge < -0.3 is 4.74 Å². The van der Waals surface area contributed by atoms with Gasteiger partial charge in [-0.15, -0.1) is 0 Å². The van der Waals surface area contributed by atoms with Crippen molar-refractivity contribution in [3.8, 4) is 0 Å². The van der Waals surface area contributed by atoms with Crippen LogP contribution in [0, 0.1) is 0 Å². The van der Waals surface area contributed by atoms with E-state index in [4.69, 9.17) is 4.74 Å². The second-order valence-electron chi connectivity index (χ2n) is 4.79. The number of rotatable bonds is 4. The summed E-state index contributed by atoms with van der Waals surface area (Å²) in [5, 5.41) is 0. The van der Waals surface area contributed by atoms with E-state index in [-0.39, 0.29) is 5.78 Å². The van der Waals surface area contributed by atoms with Crippen LogP contribution >= 0.6 is 0 Å². The minimum absolute atomic E-state index is 0.0818. The zero-order chi connectivity index (χ0) is 14.0. The van der Waals surface area contributed by atoms with Crippen molar-refractivity contribution in [3.63, 3.8) is 0 Å². The predicted octanol–water partition coefficient (Wildman–Crippen LogP) is 3.48. The van der Waals surface area contributed by atoms with Crippen LogP contribution in [0.4, 0.5) is 0 Å². The Hall–Kier alpha value is -2.35. The molecule has 0 saturated heterocycles. The van der Waals surface area contributed by atoms with Crippen molar-refractivity contribution in [2.45, 2.75) is 12.3 Å². The van der Waals surface area contributed by atoms with Gasteiger partial charge in [0.2, 0.25) is 0 Å². The molecule has 1 aliphatic rings. The molecule has 0 bridgehead atoms. The molecule has 0 amide bonds. The first-order valence-electron chi connectivity index (χ1n) is 6.80. The Morgan fingerprint density at radius 3 is 1.80 bits per heavy atom. The number of benzene rings is 2. The molecular weight excluding hydrogens is 248 g/mol. The minimum Gasteiger partial charge on any atom is -0.496 e. The normalized spacial score (nSPS) is 16.2. The lowest BCUT2D eigenvalue weighted by atomic mass is 9.63. The van der Waals surface area contributed by atoms with Crippen LogP contribution in [0.3, 0.4) is 0 Å². The lowest BCUT2D eigenvalue weighted by Crippen LogP contribution is -2.46. The van der Waals surface area contributed by atoms with Crippen LogP contribution in [0.2, 0.25) is 0 Å². The third-order valence-corrected chi connectivity index (χ3v) is 3.71. The Kier molecular flexibility index (Phi) is 3.15. The number of hydrogen-bond acceptors (Lipinski definition) is 2. The quantitative estimate of drug-likeness (QED) is 0.845. The monoisotopic (exact) mass is 264 g/mol. The topological polar surface area (TPSA) is 26.3 Å². The van der Waals surface area contributed by atoms with Crippen molar-refractivity contribution in [2.75, 3.05) is 6.61 Å². The van der Waals surface area contributed by atoms with Gasteiger partial charge in [0.15, 0.2) is 5.78 Å². The van der Waals surface area contributed by atoms with Crippen LogP contribution in [0.25, 0.3) is 0 Å². The highest BCUT2D eigenvalue weighted by Gasteiger charge is 2.52. The molecule has 2 heteroatoms. The number of carbonyl (C=O) groups is 1. The van der Waals surface area contributed by atoms with E-state index < -0.39 is 5.41 Å². The molecule has 20 heavy (non-hydrogen) atoms. The van der Waals surface area contributed by atoms with Crippen molar-refractivity contribution >= 4 is 5.78 Å². The number of ether oxygens (including phenoxy) is 1. The molecule has 0 aliphatic heterocycles. The first kappa shape index (κ1) is 12.7. The number of carbonyl (C=O) groups excluding carboxylic acids is 1. The molecule has 0 radical (unpaired) electrons. The van der Waals surface area contributed by atoms with Gasteiger partial charge in [-0.3, -0.25) is 4.79 Å². The van der Waals surface area contributed by atoms with E-state index in [0.717, 1.165) is 16.9 Å². The van der Waals surface area contributed by atoms with Crippen molar-refractivity contribution in [2.24, 2.45) is 0 Å². The third kappa shape index (κ3) is 1.68. The molecule has 0 saturated carbocycles. The molecule has 0 unspecified atom stereocenters. The molecular formula is C18H16O2. The number of allylic oxidation sites excluding steroid dienone is 2. The summed E-state index contributed by atoms with van der Waals surface area (Å²) in [7, 11) is 0. The van der Waals surface area contributed by atoms with E-state index in [0.29, 0.717) is 6.61 Å². The van der Waals surface area contributed by atoms with Crippen LogP contribution in [-0.4, -0.2) is 12.4 Å². The van der Waals surface area contributed by atoms with E-state index in [2.05, 4.69) is 0 Å². The van der Waals surface area contributed by atoms with Gasteiger partial charge in [0.05, 0.1) is 6.61 Å². The summed E-state index contributed by atoms with van der Waals surface area (Å²) in [6.07, 6.45) is 1.60. The van der Waals surface area contributed by atoms with Gasteiger partial charge in [-0.2, -0.15) is 0 Å². The molecule has 0 spiro atoms.